The smallest absolute Gasteiger partial charge is 0.346 e. The number of carbonyl (C=O) groups is 6. The molecular weight excluding hydrogens is 622 g/mol. The van der Waals surface area contributed by atoms with Gasteiger partial charge < -0.3 is 46.8 Å². The lowest BCUT2D eigenvalue weighted by molar-refractivity contribution is -0.158. The Hall–Kier alpha value is -3.68. The molecule has 0 aromatic heterocycles. The Balaban J connectivity index is 2.28. The van der Waals surface area contributed by atoms with Gasteiger partial charge in [-0.05, 0) is 33.7 Å². The summed E-state index contributed by atoms with van der Waals surface area (Å²) in [6.45, 7) is 3.00. The number of ether oxygens (including phenoxy) is 1. The molecule has 1 aliphatic rings. The van der Waals surface area contributed by atoms with Crippen LogP contribution >= 0.6 is 24.8 Å². The van der Waals surface area contributed by atoms with Crippen molar-refractivity contribution in [3.05, 3.63) is 22.8 Å². The van der Waals surface area contributed by atoms with E-state index in [1.54, 1.807) is 0 Å². The van der Waals surface area contributed by atoms with Gasteiger partial charge in [0.05, 0.1) is 24.3 Å². The second-order valence-corrected chi connectivity index (χ2v) is 10.5. The summed E-state index contributed by atoms with van der Waals surface area (Å²) >= 11 is 8.90. The molecule has 4 amide bonds. The quantitative estimate of drug-likeness (QED) is 0.0480. The maximum Gasteiger partial charge on any atom is 0.346 e. The molecule has 242 valence electrons. The van der Waals surface area contributed by atoms with E-state index in [0.717, 1.165) is 18.4 Å². The third kappa shape index (κ3) is 8.27. The van der Waals surface area contributed by atoms with Crippen LogP contribution in [0.2, 0.25) is 0 Å². The fourth-order valence-electron chi connectivity index (χ4n) is 4.26. The van der Waals surface area contributed by atoms with Gasteiger partial charge in [0.15, 0.2) is 0 Å². The number of hydrogen-bond donors (Lipinski definition) is 9. The fourth-order valence-corrected chi connectivity index (χ4v) is 4.76. The highest BCUT2D eigenvalue weighted by Crippen LogP contribution is 2.33. The number of nitrogens with zero attached hydrogens (tertiary/aromatic N) is 1. The standard InChI is InChI=1S/C26H35N5O11S2/c1-10-17(34)6-18(35)13(8-43)19(10)26(41)42-25(40)12(3)31(23(38)11(2)27)24(39)15(9-44)30-21(36)14(7-32)29-22(37)20-16(33)4-5-28-20/h6,9,11-12,14-16,20,28,32-35,43H,4-5,7-8,27H2,1-3H3,(H,29,37)(H,30,36). The average Bonchev–Trinajstić information content (AvgIpc) is 3.41. The number of aliphatic hydroxyl groups excluding tert-OH is 2. The van der Waals surface area contributed by atoms with Crippen LogP contribution in [0.25, 0.3) is 0 Å². The number of rotatable bonds is 12. The molecule has 1 heterocycles. The highest BCUT2D eigenvalue weighted by Gasteiger charge is 2.40. The number of aromatic hydroxyl groups is 2. The molecule has 0 bridgehead atoms. The monoisotopic (exact) mass is 657 g/mol. The van der Waals surface area contributed by atoms with Crippen LogP contribution in [-0.4, -0.2) is 116 Å². The Morgan fingerprint density at radius 3 is 2.32 bits per heavy atom. The molecular formula is C26H35N5O11S2. The molecule has 0 spiro atoms. The summed E-state index contributed by atoms with van der Waals surface area (Å²) in [7, 11) is 0. The molecule has 9 N–H and O–H groups in total. The molecule has 2 rings (SSSR count). The SMILES string of the molecule is Cc1c(O)cc(O)c(CS)c1C(=O)OC(=O)C(C)N(C(=O)C(C)N)C(=O)C(C=S)NC(=O)C(CO)NC(=O)C1NCCC1O. The van der Waals surface area contributed by atoms with Crippen molar-refractivity contribution in [3.63, 3.8) is 0 Å². The van der Waals surface area contributed by atoms with Crippen LogP contribution in [0.15, 0.2) is 6.07 Å². The van der Waals surface area contributed by atoms with Crippen LogP contribution < -0.4 is 21.7 Å². The summed E-state index contributed by atoms with van der Waals surface area (Å²) in [5.74, 6) is -8.14. The number of hydrogen-bond acceptors (Lipinski definition) is 15. The van der Waals surface area contributed by atoms with Crippen LogP contribution in [0.1, 0.15) is 41.8 Å². The molecule has 6 unspecified atom stereocenters. The number of nitrogens with two attached hydrogens (primary N) is 1. The highest BCUT2D eigenvalue weighted by molar-refractivity contribution is 7.79. The predicted molar refractivity (Wildman–Crippen MR) is 160 cm³/mol. The van der Waals surface area contributed by atoms with E-state index in [4.69, 9.17) is 22.7 Å². The number of thiol groups is 1. The Morgan fingerprint density at radius 1 is 1.18 bits per heavy atom. The number of amides is 4. The van der Waals surface area contributed by atoms with Gasteiger partial charge in [-0.25, -0.2) is 9.59 Å². The van der Waals surface area contributed by atoms with Crippen LogP contribution in [0.3, 0.4) is 0 Å². The van der Waals surface area contributed by atoms with E-state index in [1.165, 1.54) is 13.8 Å². The minimum absolute atomic E-state index is 0.0378. The van der Waals surface area contributed by atoms with E-state index in [0.29, 0.717) is 11.4 Å². The zero-order valence-corrected chi connectivity index (χ0v) is 25.7. The molecule has 6 atom stereocenters. The predicted octanol–water partition coefficient (Wildman–Crippen LogP) is -2.71. The number of aliphatic hydroxyl groups is 2. The molecule has 44 heavy (non-hydrogen) atoms. The van der Waals surface area contributed by atoms with Crippen LogP contribution in [0.4, 0.5) is 0 Å². The summed E-state index contributed by atoms with van der Waals surface area (Å²) in [6, 6.07) is -6.60. The molecule has 1 aromatic carbocycles. The van der Waals surface area contributed by atoms with Crippen LogP contribution in [0, 0.1) is 6.92 Å². The van der Waals surface area contributed by atoms with Crippen molar-refractivity contribution in [2.45, 2.75) is 69.3 Å². The number of carbonyl (C=O) groups excluding carboxylic acids is 6. The minimum atomic E-state index is -1.81. The molecule has 16 nitrogen and oxygen atoms in total. The third-order valence-corrected chi connectivity index (χ3v) is 7.37. The van der Waals surface area contributed by atoms with Crippen LogP contribution in [0.5, 0.6) is 11.5 Å². The van der Waals surface area contributed by atoms with Gasteiger partial charge in [0.25, 0.3) is 5.91 Å². The Labute approximate surface area is 262 Å². The molecule has 18 heteroatoms. The number of esters is 2. The zero-order chi connectivity index (χ0) is 33.5. The van der Waals surface area contributed by atoms with Gasteiger partial charge in [-0.15, -0.1) is 0 Å². The summed E-state index contributed by atoms with van der Waals surface area (Å²) in [6.07, 6.45) is -0.734. The lowest BCUT2D eigenvalue weighted by atomic mass is 10.0. The largest absolute Gasteiger partial charge is 0.508 e. The van der Waals surface area contributed by atoms with Crippen LogP contribution in [-0.2, 0) is 34.5 Å². The van der Waals surface area contributed by atoms with Gasteiger partial charge in [0.2, 0.25) is 17.7 Å². The van der Waals surface area contributed by atoms with E-state index in [2.05, 4.69) is 28.6 Å². The number of phenolic OH excluding ortho intramolecular Hbond substituents is 2. The molecule has 1 saturated heterocycles. The van der Waals surface area contributed by atoms with Crippen molar-refractivity contribution in [2.75, 3.05) is 13.2 Å². The lowest BCUT2D eigenvalue weighted by Gasteiger charge is -2.30. The number of phenols is 2. The van der Waals surface area contributed by atoms with Crippen molar-refractivity contribution in [1.29, 1.82) is 0 Å². The Bertz CT molecular complexity index is 1330. The highest BCUT2D eigenvalue weighted by atomic mass is 32.1. The van der Waals surface area contributed by atoms with Crippen molar-refractivity contribution >= 4 is 65.8 Å². The molecule has 1 fully saturated rings. The van der Waals surface area contributed by atoms with Crippen molar-refractivity contribution in [3.8, 4) is 11.5 Å². The third-order valence-electron chi connectivity index (χ3n) is 6.78. The maximum atomic E-state index is 13.5. The molecule has 0 aliphatic carbocycles. The van der Waals surface area contributed by atoms with Gasteiger partial charge >= 0.3 is 11.9 Å². The number of nitrogens with one attached hydrogen (secondary N) is 3. The van der Waals surface area contributed by atoms with E-state index in [9.17, 15) is 49.2 Å². The van der Waals surface area contributed by atoms with Gasteiger partial charge in [-0.1, -0.05) is 12.2 Å². The van der Waals surface area contributed by atoms with E-state index < -0.39 is 90.0 Å². The van der Waals surface area contributed by atoms with Crippen molar-refractivity contribution in [1.82, 2.24) is 20.9 Å². The molecule has 1 aliphatic heterocycles. The lowest BCUT2D eigenvalue weighted by Crippen LogP contribution is -2.61. The summed E-state index contributed by atoms with van der Waals surface area (Å²) in [5, 5.41) is 47.6. The van der Waals surface area contributed by atoms with Crippen molar-refractivity contribution < 1.29 is 53.9 Å². The second kappa shape index (κ2) is 15.9. The maximum absolute atomic E-state index is 13.5. The first kappa shape index (κ1) is 36.5. The topological polar surface area (TPSA) is 258 Å². The first-order valence-corrected chi connectivity index (χ1v) is 14.3. The molecule has 0 saturated carbocycles. The fraction of sp³-hybridized carbons (Fsp3) is 0.500. The molecule has 0 radical (unpaired) electrons. The second-order valence-electron chi connectivity index (χ2n) is 9.93. The van der Waals surface area contributed by atoms with Gasteiger partial charge in [0, 0.05) is 28.3 Å². The summed E-state index contributed by atoms with van der Waals surface area (Å²) in [5.41, 5.74) is 5.22. The number of benzene rings is 1. The number of thiocarbonyl (C=S) groups is 1. The summed E-state index contributed by atoms with van der Waals surface area (Å²) in [4.78, 5) is 78.1. The zero-order valence-electron chi connectivity index (χ0n) is 24.0. The Kier molecular flexibility index (Phi) is 13.2. The van der Waals surface area contributed by atoms with E-state index in [-0.39, 0.29) is 28.9 Å². The minimum Gasteiger partial charge on any atom is -0.508 e. The van der Waals surface area contributed by atoms with Gasteiger partial charge in [0.1, 0.15) is 35.7 Å². The van der Waals surface area contributed by atoms with E-state index in [1.807, 2.05) is 0 Å². The van der Waals surface area contributed by atoms with E-state index >= 15 is 0 Å². The van der Waals surface area contributed by atoms with Gasteiger partial charge in [-0.3, -0.25) is 24.1 Å². The Morgan fingerprint density at radius 2 is 1.82 bits per heavy atom. The first-order valence-electron chi connectivity index (χ1n) is 13.2. The average molecular weight is 658 g/mol. The molecule has 1 aromatic rings. The van der Waals surface area contributed by atoms with Gasteiger partial charge in [-0.2, -0.15) is 12.6 Å². The van der Waals surface area contributed by atoms with Crippen molar-refractivity contribution in [2.24, 2.45) is 5.73 Å². The first-order chi connectivity index (χ1) is 20.6. The number of imide groups is 1. The normalized spacial score (nSPS) is 18.7. The summed E-state index contributed by atoms with van der Waals surface area (Å²) < 4.78 is 4.89.